The first kappa shape index (κ1) is 27.2. The molecule has 2 aromatic rings. The molecule has 0 fully saturated rings. The number of allylic oxidation sites excluding steroid dienone is 4. The molecule has 8 nitrogen and oxygen atoms in total. The van der Waals surface area contributed by atoms with Gasteiger partial charge in [-0.2, -0.15) is 0 Å². The zero-order valence-corrected chi connectivity index (χ0v) is 22.9. The second kappa shape index (κ2) is 10.8. The van der Waals surface area contributed by atoms with Crippen molar-refractivity contribution in [1.82, 2.24) is 19.6 Å². The predicted molar refractivity (Wildman–Crippen MR) is 147 cm³/mol. The Morgan fingerprint density at radius 1 is 0.447 bits per heavy atom. The molecule has 2 aromatic carbocycles. The fourth-order valence-corrected chi connectivity index (χ4v) is 4.84. The lowest BCUT2D eigenvalue weighted by Crippen LogP contribution is -2.40. The highest BCUT2D eigenvalue weighted by molar-refractivity contribution is 6.36. The van der Waals surface area contributed by atoms with Crippen LogP contribution in [0.5, 0.6) is 0 Å². The molecule has 0 radical (unpaired) electrons. The minimum Gasteiger partial charge on any atom is -0.370 e. The van der Waals surface area contributed by atoms with Crippen LogP contribution in [0.2, 0.25) is 0 Å². The summed E-state index contributed by atoms with van der Waals surface area (Å²) in [5, 5.41) is 0. The number of nitrogens with zero attached hydrogens (tertiary/aromatic N) is 4. The van der Waals surface area contributed by atoms with Gasteiger partial charge in [0, 0.05) is 62.5 Å². The van der Waals surface area contributed by atoms with E-state index in [1.54, 1.807) is 72.4 Å². The summed E-state index contributed by atoms with van der Waals surface area (Å²) in [6.45, 7) is 2.15. The predicted octanol–water partition coefficient (Wildman–Crippen LogP) is 2.64. The van der Waals surface area contributed by atoms with Crippen LogP contribution >= 0.6 is 0 Å². The number of likely N-dealkylation sites (N-methyl/N-ethyl adjacent to an activating group) is 4. The first-order valence-corrected chi connectivity index (χ1v) is 12.6. The highest BCUT2D eigenvalue weighted by Crippen LogP contribution is 2.38. The number of carbonyl (C=O) groups is 4. The topological polar surface area (TPSA) is 81.2 Å². The van der Waals surface area contributed by atoms with E-state index < -0.39 is 11.6 Å². The van der Waals surface area contributed by atoms with E-state index in [4.69, 9.17) is 0 Å². The number of hydrogen-bond donors (Lipinski definition) is 0. The molecule has 0 atom stereocenters. The summed E-state index contributed by atoms with van der Waals surface area (Å²) in [5.74, 6) is -1.53. The van der Waals surface area contributed by atoms with Gasteiger partial charge in [-0.1, -0.05) is 48.5 Å². The third-order valence-corrected chi connectivity index (χ3v) is 6.97. The quantitative estimate of drug-likeness (QED) is 0.505. The Balaban J connectivity index is 2.02. The summed E-state index contributed by atoms with van der Waals surface area (Å²) < 4.78 is 0. The number of ketones is 4. The van der Waals surface area contributed by atoms with Crippen LogP contribution < -0.4 is 0 Å². The van der Waals surface area contributed by atoms with Crippen LogP contribution in [0.15, 0.2) is 71.1 Å². The molecule has 2 aliphatic rings. The van der Waals surface area contributed by atoms with Crippen molar-refractivity contribution < 1.29 is 19.2 Å². The van der Waals surface area contributed by atoms with Crippen molar-refractivity contribution in [3.05, 3.63) is 93.3 Å². The maximum atomic E-state index is 14.1. The van der Waals surface area contributed by atoms with E-state index in [9.17, 15) is 19.2 Å². The second-order valence-corrected chi connectivity index (χ2v) is 10.3. The molecule has 0 bridgehead atoms. The molecular weight excluding hydrogens is 480 g/mol. The standard InChI is InChI=1S/C30H34N4O4/c1-31(2)15-17-33(5)25-23(27(35)19-11-7-9-13-21(19)29(25)37)24-26(34(6)18-16-32(3)4)30(38)22-14-10-8-12-20(22)28(24)36/h7-14H,15-18H2,1-6H3. The number of rotatable bonds is 9. The summed E-state index contributed by atoms with van der Waals surface area (Å²) in [6, 6.07) is 13.3. The van der Waals surface area contributed by atoms with Gasteiger partial charge in [0.05, 0.1) is 22.5 Å². The summed E-state index contributed by atoms with van der Waals surface area (Å²) >= 11 is 0. The van der Waals surface area contributed by atoms with Crippen molar-refractivity contribution in [2.24, 2.45) is 0 Å². The van der Waals surface area contributed by atoms with E-state index in [0.717, 1.165) is 0 Å². The highest BCUT2D eigenvalue weighted by atomic mass is 16.2. The van der Waals surface area contributed by atoms with Crippen LogP contribution in [-0.4, -0.2) is 111 Å². The fraction of sp³-hybridized carbons (Fsp3) is 0.333. The van der Waals surface area contributed by atoms with Gasteiger partial charge in [-0.3, -0.25) is 19.2 Å². The molecule has 0 N–H and O–H groups in total. The average molecular weight is 515 g/mol. The number of carbonyl (C=O) groups excluding carboxylic acids is 4. The summed E-state index contributed by atoms with van der Waals surface area (Å²) in [5.41, 5.74) is 1.34. The molecule has 0 aromatic heterocycles. The maximum Gasteiger partial charge on any atom is 0.210 e. The number of fused-ring (bicyclic) bond motifs is 2. The van der Waals surface area contributed by atoms with Crippen molar-refractivity contribution in [1.29, 1.82) is 0 Å². The molecule has 0 aliphatic heterocycles. The molecule has 0 saturated carbocycles. The van der Waals surface area contributed by atoms with Gasteiger partial charge in [0.15, 0.2) is 11.6 Å². The van der Waals surface area contributed by atoms with Crippen molar-refractivity contribution in [2.45, 2.75) is 0 Å². The Morgan fingerprint density at radius 3 is 1.03 bits per heavy atom. The third kappa shape index (κ3) is 4.85. The monoisotopic (exact) mass is 514 g/mol. The lowest BCUT2D eigenvalue weighted by Gasteiger charge is -2.34. The van der Waals surface area contributed by atoms with Crippen LogP contribution in [0.1, 0.15) is 41.4 Å². The van der Waals surface area contributed by atoms with E-state index in [0.29, 0.717) is 37.3 Å². The number of Topliss-reactive ketones (excluding diaryl/α,β-unsaturated/α-hetero) is 4. The lowest BCUT2D eigenvalue weighted by molar-refractivity contribution is 0.0923. The van der Waals surface area contributed by atoms with Gasteiger partial charge in [0.1, 0.15) is 0 Å². The number of hydrogen-bond acceptors (Lipinski definition) is 8. The molecule has 4 rings (SSSR count). The lowest BCUT2D eigenvalue weighted by atomic mass is 9.76. The fourth-order valence-electron chi connectivity index (χ4n) is 4.84. The van der Waals surface area contributed by atoms with Crippen molar-refractivity contribution in [2.75, 3.05) is 68.5 Å². The Bertz CT molecular complexity index is 1280. The minimum atomic E-state index is -0.430. The van der Waals surface area contributed by atoms with E-state index in [1.165, 1.54) is 0 Å². The molecule has 0 saturated heterocycles. The van der Waals surface area contributed by atoms with Gasteiger partial charge in [-0.25, -0.2) is 0 Å². The molecular formula is C30H34N4O4. The van der Waals surface area contributed by atoms with Gasteiger partial charge in [0.25, 0.3) is 0 Å². The highest BCUT2D eigenvalue weighted by Gasteiger charge is 2.43. The van der Waals surface area contributed by atoms with Crippen LogP contribution in [0, 0.1) is 0 Å². The first-order valence-electron chi connectivity index (χ1n) is 12.6. The van der Waals surface area contributed by atoms with Crippen molar-refractivity contribution in [3.8, 4) is 0 Å². The summed E-state index contributed by atoms with van der Waals surface area (Å²) in [4.78, 5) is 63.5. The smallest absolute Gasteiger partial charge is 0.210 e. The van der Waals surface area contributed by atoms with Gasteiger partial charge in [0.2, 0.25) is 11.6 Å². The van der Waals surface area contributed by atoms with Gasteiger partial charge < -0.3 is 19.6 Å². The third-order valence-electron chi connectivity index (χ3n) is 6.97. The van der Waals surface area contributed by atoms with E-state index in [-0.39, 0.29) is 45.2 Å². The molecule has 0 spiro atoms. The Kier molecular flexibility index (Phi) is 7.76. The van der Waals surface area contributed by atoms with E-state index >= 15 is 0 Å². The summed E-state index contributed by atoms with van der Waals surface area (Å²) in [7, 11) is 11.2. The van der Waals surface area contributed by atoms with Crippen LogP contribution in [-0.2, 0) is 0 Å². The zero-order valence-electron chi connectivity index (χ0n) is 22.9. The molecule has 0 amide bonds. The molecule has 198 valence electrons. The Labute approximate surface area is 223 Å². The van der Waals surface area contributed by atoms with E-state index in [2.05, 4.69) is 0 Å². The molecule has 0 unspecified atom stereocenters. The zero-order chi connectivity index (χ0) is 27.7. The molecule has 0 heterocycles. The van der Waals surface area contributed by atoms with Crippen molar-refractivity contribution in [3.63, 3.8) is 0 Å². The Hall–Kier alpha value is -3.88. The average Bonchev–Trinajstić information content (AvgIpc) is 2.90. The van der Waals surface area contributed by atoms with Gasteiger partial charge in [-0.05, 0) is 28.2 Å². The molecule has 38 heavy (non-hydrogen) atoms. The molecule has 2 aliphatic carbocycles. The normalized spacial score (nSPS) is 15.5. The van der Waals surface area contributed by atoms with Crippen LogP contribution in [0.25, 0.3) is 0 Å². The van der Waals surface area contributed by atoms with Gasteiger partial charge >= 0.3 is 0 Å². The first-order chi connectivity index (χ1) is 18.0. The van der Waals surface area contributed by atoms with E-state index in [1.807, 2.05) is 38.0 Å². The minimum absolute atomic E-state index is 0.00508. The maximum absolute atomic E-state index is 14.1. The van der Waals surface area contributed by atoms with Crippen LogP contribution in [0.4, 0.5) is 0 Å². The number of benzene rings is 2. The van der Waals surface area contributed by atoms with Crippen LogP contribution in [0.3, 0.4) is 0 Å². The van der Waals surface area contributed by atoms with Crippen molar-refractivity contribution >= 4 is 23.1 Å². The molecule has 8 heteroatoms. The largest absolute Gasteiger partial charge is 0.370 e. The Morgan fingerprint density at radius 2 is 0.737 bits per heavy atom. The van der Waals surface area contributed by atoms with Gasteiger partial charge in [-0.15, -0.1) is 0 Å². The SMILES string of the molecule is CN(C)CCN(C)C1=C(C2=C(N(C)CCN(C)C)C(=O)c3ccccc3C2=O)C(=O)c2ccccc2C1=O. The second-order valence-electron chi connectivity index (χ2n) is 10.3. The summed E-state index contributed by atoms with van der Waals surface area (Å²) in [6.07, 6.45) is 0.